The van der Waals surface area contributed by atoms with Gasteiger partial charge < -0.3 is 4.74 Å². The molecule has 0 fully saturated rings. The molecule has 0 unspecified atom stereocenters. The number of para-hydroxylation sites is 2. The average molecular weight is 379 g/mol. The number of nitrogens with zero attached hydrogens (tertiary/aromatic N) is 3. The van der Waals surface area contributed by atoms with Crippen molar-refractivity contribution in [1.29, 1.82) is 0 Å². The van der Waals surface area contributed by atoms with Gasteiger partial charge in [0, 0.05) is 35.3 Å². The van der Waals surface area contributed by atoms with Crippen LogP contribution in [0.1, 0.15) is 15.9 Å². The first-order chi connectivity index (χ1) is 14.3. The van der Waals surface area contributed by atoms with Crippen molar-refractivity contribution in [2.24, 2.45) is 0 Å². The molecule has 0 aliphatic carbocycles. The third-order valence-corrected chi connectivity index (χ3v) is 4.83. The smallest absolute Gasteiger partial charge is 0.196 e. The molecular weight excluding hydrogens is 362 g/mol. The van der Waals surface area contributed by atoms with Gasteiger partial charge in [-0.25, -0.2) is 4.68 Å². The van der Waals surface area contributed by atoms with Crippen LogP contribution >= 0.6 is 0 Å². The largest absolute Gasteiger partial charge is 0.488 e. The number of ether oxygens (including phenoxy) is 1. The van der Waals surface area contributed by atoms with Crippen LogP contribution in [-0.4, -0.2) is 27.2 Å². The molecule has 0 atom stereocenters. The second-order valence-electron chi connectivity index (χ2n) is 6.74. The van der Waals surface area contributed by atoms with Gasteiger partial charge >= 0.3 is 0 Å². The summed E-state index contributed by atoms with van der Waals surface area (Å²) in [6.45, 7) is 0.235. The second-order valence-corrected chi connectivity index (χ2v) is 6.74. The number of carbonyl (C=O) groups is 1. The van der Waals surface area contributed by atoms with Crippen molar-refractivity contribution in [2.45, 2.75) is 0 Å². The standard InChI is InChI=1S/C24H17N3O2/c28-24-19(16-29-22-11-5-4-10-21(22)24)13-18-15-27(20-8-2-1-3-9-20)26-23(18)17-7-6-12-25-14-17/h1-15H,16H2/b19-13-. The number of aromatic nitrogens is 3. The van der Waals surface area contributed by atoms with Crippen molar-refractivity contribution < 1.29 is 9.53 Å². The maximum absolute atomic E-state index is 13.0. The van der Waals surface area contributed by atoms with Gasteiger partial charge in [-0.15, -0.1) is 0 Å². The van der Waals surface area contributed by atoms with Gasteiger partial charge in [0.1, 0.15) is 18.1 Å². The number of Topliss-reactive ketones (excluding diaryl/α,β-unsaturated/α-hetero) is 1. The SMILES string of the molecule is O=C1/C(=C\c2cn(-c3ccccc3)nc2-c2cccnc2)COc2ccccc21. The van der Waals surface area contributed by atoms with Crippen LogP contribution in [0.25, 0.3) is 23.0 Å². The molecule has 0 saturated carbocycles. The first-order valence-electron chi connectivity index (χ1n) is 9.32. The molecule has 0 radical (unpaired) electrons. The zero-order valence-corrected chi connectivity index (χ0v) is 15.5. The van der Waals surface area contributed by atoms with E-state index < -0.39 is 0 Å². The summed E-state index contributed by atoms with van der Waals surface area (Å²) in [4.78, 5) is 17.2. The van der Waals surface area contributed by atoms with Gasteiger partial charge in [0.25, 0.3) is 0 Å². The molecule has 3 heterocycles. The quantitative estimate of drug-likeness (QED) is 0.489. The van der Waals surface area contributed by atoms with Gasteiger partial charge in [-0.2, -0.15) is 5.10 Å². The second kappa shape index (κ2) is 7.20. The summed E-state index contributed by atoms with van der Waals surface area (Å²) in [5.74, 6) is 0.610. The molecule has 1 aliphatic heterocycles. The van der Waals surface area contributed by atoms with E-state index in [1.54, 1.807) is 18.5 Å². The molecule has 0 spiro atoms. The molecule has 5 rings (SSSR count). The first-order valence-corrected chi connectivity index (χ1v) is 9.32. The summed E-state index contributed by atoms with van der Waals surface area (Å²) >= 11 is 0. The van der Waals surface area contributed by atoms with E-state index in [9.17, 15) is 4.79 Å². The molecule has 140 valence electrons. The number of rotatable bonds is 3. The zero-order chi connectivity index (χ0) is 19.6. The number of benzene rings is 2. The Hall–Kier alpha value is -3.99. The van der Waals surface area contributed by atoms with E-state index in [1.807, 2.05) is 77.6 Å². The Morgan fingerprint density at radius 1 is 0.966 bits per heavy atom. The predicted molar refractivity (Wildman–Crippen MR) is 111 cm³/mol. The Labute approximate surface area is 167 Å². The lowest BCUT2D eigenvalue weighted by molar-refractivity contribution is 0.100. The van der Waals surface area contributed by atoms with Crippen molar-refractivity contribution in [3.63, 3.8) is 0 Å². The lowest BCUT2D eigenvalue weighted by atomic mass is 9.98. The lowest BCUT2D eigenvalue weighted by Crippen LogP contribution is -2.18. The van der Waals surface area contributed by atoms with Crippen molar-refractivity contribution in [2.75, 3.05) is 6.61 Å². The average Bonchev–Trinajstić information content (AvgIpc) is 3.21. The summed E-state index contributed by atoms with van der Waals surface area (Å²) < 4.78 is 7.60. The van der Waals surface area contributed by atoms with Crippen LogP contribution in [-0.2, 0) is 0 Å². The molecule has 5 heteroatoms. The lowest BCUT2D eigenvalue weighted by Gasteiger charge is -2.18. The van der Waals surface area contributed by atoms with Gasteiger partial charge in [0.05, 0.1) is 11.3 Å². The molecule has 2 aromatic carbocycles. The number of hydrogen-bond acceptors (Lipinski definition) is 4. The zero-order valence-electron chi connectivity index (χ0n) is 15.5. The monoisotopic (exact) mass is 379 g/mol. The van der Waals surface area contributed by atoms with E-state index in [1.165, 1.54) is 0 Å². The van der Waals surface area contributed by atoms with E-state index in [0.29, 0.717) is 16.9 Å². The minimum absolute atomic E-state index is 0.0172. The van der Waals surface area contributed by atoms with E-state index in [-0.39, 0.29) is 12.4 Å². The van der Waals surface area contributed by atoms with Gasteiger partial charge in [0.15, 0.2) is 5.78 Å². The summed E-state index contributed by atoms with van der Waals surface area (Å²) in [6, 6.07) is 21.0. The Morgan fingerprint density at radius 3 is 2.62 bits per heavy atom. The highest BCUT2D eigenvalue weighted by molar-refractivity contribution is 6.14. The van der Waals surface area contributed by atoms with Crippen LogP contribution in [0.4, 0.5) is 0 Å². The third kappa shape index (κ3) is 3.23. The molecule has 29 heavy (non-hydrogen) atoms. The van der Waals surface area contributed by atoms with Crippen LogP contribution in [0, 0.1) is 0 Å². The maximum atomic E-state index is 13.0. The van der Waals surface area contributed by atoms with E-state index in [4.69, 9.17) is 9.84 Å². The molecular formula is C24H17N3O2. The van der Waals surface area contributed by atoms with E-state index >= 15 is 0 Å². The Balaban J connectivity index is 1.62. The third-order valence-electron chi connectivity index (χ3n) is 4.83. The minimum atomic E-state index is -0.0172. The molecule has 0 amide bonds. The van der Waals surface area contributed by atoms with Crippen molar-refractivity contribution in [3.8, 4) is 22.7 Å². The van der Waals surface area contributed by atoms with Gasteiger partial charge in [-0.1, -0.05) is 30.3 Å². The normalized spacial score (nSPS) is 14.5. The van der Waals surface area contributed by atoms with Crippen LogP contribution in [0.15, 0.2) is 90.9 Å². The van der Waals surface area contributed by atoms with Crippen LogP contribution < -0.4 is 4.74 Å². The van der Waals surface area contributed by atoms with Gasteiger partial charge in [0.2, 0.25) is 0 Å². The predicted octanol–water partition coefficient (Wildman–Crippen LogP) is 4.59. The maximum Gasteiger partial charge on any atom is 0.196 e. The molecule has 1 aliphatic rings. The highest BCUT2D eigenvalue weighted by Gasteiger charge is 2.23. The van der Waals surface area contributed by atoms with E-state index in [0.717, 1.165) is 22.5 Å². The molecule has 0 saturated heterocycles. The molecule has 0 N–H and O–H groups in total. The molecule has 4 aromatic rings. The van der Waals surface area contributed by atoms with Gasteiger partial charge in [-0.3, -0.25) is 9.78 Å². The Morgan fingerprint density at radius 2 is 1.79 bits per heavy atom. The van der Waals surface area contributed by atoms with Crippen LogP contribution in [0.2, 0.25) is 0 Å². The highest BCUT2D eigenvalue weighted by atomic mass is 16.5. The molecule has 2 aromatic heterocycles. The fourth-order valence-electron chi connectivity index (χ4n) is 3.40. The number of hydrogen-bond donors (Lipinski definition) is 0. The van der Waals surface area contributed by atoms with Crippen molar-refractivity contribution in [1.82, 2.24) is 14.8 Å². The Kier molecular flexibility index (Phi) is 4.26. The highest BCUT2D eigenvalue weighted by Crippen LogP contribution is 2.30. The first kappa shape index (κ1) is 17.1. The fourth-order valence-corrected chi connectivity index (χ4v) is 3.40. The number of fused-ring (bicyclic) bond motifs is 1. The number of carbonyl (C=O) groups excluding carboxylic acids is 1. The Bertz CT molecular complexity index is 1210. The summed E-state index contributed by atoms with van der Waals surface area (Å²) in [5, 5.41) is 4.77. The summed E-state index contributed by atoms with van der Waals surface area (Å²) in [5.41, 5.74) is 4.62. The van der Waals surface area contributed by atoms with Crippen LogP contribution in [0.5, 0.6) is 5.75 Å². The molecule has 5 nitrogen and oxygen atoms in total. The van der Waals surface area contributed by atoms with Crippen molar-refractivity contribution in [3.05, 3.63) is 102 Å². The van der Waals surface area contributed by atoms with Crippen molar-refractivity contribution >= 4 is 11.9 Å². The van der Waals surface area contributed by atoms with Crippen LogP contribution in [0.3, 0.4) is 0 Å². The minimum Gasteiger partial charge on any atom is -0.488 e. The summed E-state index contributed by atoms with van der Waals surface area (Å²) in [7, 11) is 0. The van der Waals surface area contributed by atoms with Gasteiger partial charge in [-0.05, 0) is 42.5 Å². The van der Waals surface area contributed by atoms with E-state index in [2.05, 4.69) is 4.98 Å². The summed E-state index contributed by atoms with van der Waals surface area (Å²) in [6.07, 6.45) is 7.30. The fraction of sp³-hybridized carbons (Fsp3) is 0.0417. The topological polar surface area (TPSA) is 57.0 Å². The number of pyridine rings is 1. The molecule has 0 bridgehead atoms. The number of ketones is 1.